The maximum absolute atomic E-state index is 12.3. The largest absolute Gasteiger partial charge is 0.462 e. The number of ether oxygens (including phenoxy) is 2. The molecule has 0 amide bonds. The van der Waals surface area contributed by atoms with Crippen molar-refractivity contribution in [1.29, 1.82) is 5.26 Å². The minimum atomic E-state index is -0.385. The molecule has 1 N–H and O–H groups in total. The van der Waals surface area contributed by atoms with Crippen molar-refractivity contribution >= 4 is 5.97 Å². The molecule has 1 aliphatic rings. The number of hydrogen-bond acceptors (Lipinski definition) is 5. The van der Waals surface area contributed by atoms with Crippen molar-refractivity contribution in [1.82, 2.24) is 4.98 Å². The zero-order valence-corrected chi connectivity index (χ0v) is 17.0. The Morgan fingerprint density at radius 1 is 1.33 bits per heavy atom. The number of esters is 1. The highest BCUT2D eigenvalue weighted by Crippen LogP contribution is 2.45. The Kier molecular flexibility index (Phi) is 6.83. The fraction of sp³-hybridized carbons (Fsp3) is 0.667. The van der Waals surface area contributed by atoms with Crippen LogP contribution in [0.2, 0.25) is 0 Å². The SMILES string of the molecule is CCCCO[C@H]1C[C@@H](OC(=O)CCc2c(C)[nH]c(=O)c(C#N)c2C)C1(C)C. The minimum Gasteiger partial charge on any atom is -0.462 e. The summed E-state index contributed by atoms with van der Waals surface area (Å²) in [7, 11) is 0. The van der Waals surface area contributed by atoms with Crippen LogP contribution in [0.1, 0.15) is 68.8 Å². The van der Waals surface area contributed by atoms with Crippen LogP contribution < -0.4 is 5.56 Å². The topological polar surface area (TPSA) is 92.2 Å². The third kappa shape index (κ3) is 4.59. The van der Waals surface area contributed by atoms with Crippen molar-refractivity contribution in [3.63, 3.8) is 0 Å². The van der Waals surface area contributed by atoms with Crippen molar-refractivity contribution < 1.29 is 14.3 Å². The summed E-state index contributed by atoms with van der Waals surface area (Å²) < 4.78 is 11.6. The van der Waals surface area contributed by atoms with E-state index < -0.39 is 0 Å². The molecule has 2 rings (SSSR count). The number of nitrogens with one attached hydrogen (secondary N) is 1. The van der Waals surface area contributed by atoms with Crippen LogP contribution >= 0.6 is 0 Å². The van der Waals surface area contributed by atoms with Gasteiger partial charge in [0.05, 0.1) is 6.10 Å². The second-order valence-electron chi connectivity index (χ2n) is 7.92. The van der Waals surface area contributed by atoms with Crippen LogP contribution in [0.15, 0.2) is 4.79 Å². The summed E-state index contributed by atoms with van der Waals surface area (Å²) in [4.78, 5) is 26.8. The molecule has 0 radical (unpaired) electrons. The molecular weight excluding hydrogens is 344 g/mol. The molecule has 2 atom stereocenters. The Labute approximate surface area is 160 Å². The maximum atomic E-state index is 12.3. The quantitative estimate of drug-likeness (QED) is 0.557. The number of nitriles is 1. The number of aromatic nitrogens is 1. The summed E-state index contributed by atoms with van der Waals surface area (Å²) >= 11 is 0. The van der Waals surface area contributed by atoms with Gasteiger partial charge in [0.15, 0.2) is 0 Å². The fourth-order valence-electron chi connectivity index (χ4n) is 3.57. The Hall–Kier alpha value is -2.13. The maximum Gasteiger partial charge on any atom is 0.306 e. The highest BCUT2D eigenvalue weighted by atomic mass is 16.6. The van der Waals surface area contributed by atoms with E-state index in [1.807, 2.05) is 6.07 Å². The van der Waals surface area contributed by atoms with Gasteiger partial charge in [-0.25, -0.2) is 0 Å². The Morgan fingerprint density at radius 3 is 2.63 bits per heavy atom. The van der Waals surface area contributed by atoms with Crippen molar-refractivity contribution in [2.45, 2.75) is 78.9 Å². The Morgan fingerprint density at radius 2 is 2.04 bits per heavy atom. The van der Waals surface area contributed by atoms with Crippen LogP contribution in [-0.4, -0.2) is 29.8 Å². The van der Waals surface area contributed by atoms with E-state index in [0.717, 1.165) is 31.4 Å². The Balaban J connectivity index is 1.91. The van der Waals surface area contributed by atoms with Gasteiger partial charge in [-0.1, -0.05) is 27.2 Å². The predicted octanol–water partition coefficient (Wildman–Crippen LogP) is 3.32. The molecule has 6 nitrogen and oxygen atoms in total. The number of aryl methyl sites for hydroxylation is 1. The third-order valence-electron chi connectivity index (χ3n) is 5.68. The van der Waals surface area contributed by atoms with Crippen LogP contribution in [0.5, 0.6) is 0 Å². The van der Waals surface area contributed by atoms with Gasteiger partial charge in [-0.15, -0.1) is 0 Å². The summed E-state index contributed by atoms with van der Waals surface area (Å²) in [6.45, 7) is 10.5. The molecule has 1 heterocycles. The molecule has 0 aliphatic heterocycles. The van der Waals surface area contributed by atoms with E-state index in [0.29, 0.717) is 17.7 Å². The van der Waals surface area contributed by atoms with Gasteiger partial charge in [-0.2, -0.15) is 5.26 Å². The number of hydrogen-bond donors (Lipinski definition) is 1. The van der Waals surface area contributed by atoms with Crippen LogP contribution in [0.25, 0.3) is 0 Å². The standard InChI is InChI=1S/C21H30N2O4/c1-6-7-10-26-17-11-18(21(17,4)5)27-19(24)9-8-15-13(2)16(12-22)20(25)23-14(15)3/h17-18H,6-11H2,1-5H3,(H,23,25)/t17-,18+/m0/s1. The molecule has 0 aromatic carbocycles. The first-order valence-electron chi connectivity index (χ1n) is 9.65. The molecule has 1 aromatic rings. The second-order valence-corrected chi connectivity index (χ2v) is 7.92. The Bertz CT molecular complexity index is 789. The zero-order chi connectivity index (χ0) is 20.2. The van der Waals surface area contributed by atoms with Gasteiger partial charge in [0.25, 0.3) is 5.56 Å². The lowest BCUT2D eigenvalue weighted by Crippen LogP contribution is -2.56. The van der Waals surface area contributed by atoms with Crippen molar-refractivity contribution in [3.8, 4) is 6.07 Å². The van der Waals surface area contributed by atoms with E-state index in [1.54, 1.807) is 13.8 Å². The molecule has 27 heavy (non-hydrogen) atoms. The first-order valence-corrected chi connectivity index (χ1v) is 9.65. The lowest BCUT2D eigenvalue weighted by molar-refractivity contribution is -0.203. The van der Waals surface area contributed by atoms with E-state index in [4.69, 9.17) is 14.7 Å². The van der Waals surface area contributed by atoms with Crippen LogP contribution in [0.4, 0.5) is 0 Å². The summed E-state index contributed by atoms with van der Waals surface area (Å²) in [6.07, 6.45) is 3.52. The first kappa shape index (κ1) is 21.2. The van der Waals surface area contributed by atoms with Crippen molar-refractivity contribution in [2.75, 3.05) is 6.61 Å². The summed E-state index contributed by atoms with van der Waals surface area (Å²) in [6, 6.07) is 1.93. The summed E-state index contributed by atoms with van der Waals surface area (Å²) in [5.41, 5.74) is 1.70. The van der Waals surface area contributed by atoms with Gasteiger partial charge in [-0.05, 0) is 37.8 Å². The number of H-pyrrole nitrogens is 1. The number of carbonyl (C=O) groups excluding carboxylic acids is 1. The monoisotopic (exact) mass is 374 g/mol. The van der Waals surface area contributed by atoms with Gasteiger partial charge in [-0.3, -0.25) is 9.59 Å². The number of carbonyl (C=O) groups is 1. The van der Waals surface area contributed by atoms with E-state index in [2.05, 4.69) is 25.8 Å². The average Bonchev–Trinajstić information content (AvgIpc) is 2.60. The summed E-state index contributed by atoms with van der Waals surface area (Å²) in [5, 5.41) is 9.14. The van der Waals surface area contributed by atoms with Crippen LogP contribution in [0, 0.1) is 30.6 Å². The van der Waals surface area contributed by atoms with E-state index in [-0.39, 0.29) is 41.1 Å². The molecule has 1 fully saturated rings. The van der Waals surface area contributed by atoms with Gasteiger partial charge in [0, 0.05) is 30.6 Å². The first-order chi connectivity index (χ1) is 12.7. The molecule has 0 saturated heterocycles. The zero-order valence-electron chi connectivity index (χ0n) is 17.0. The second kappa shape index (κ2) is 8.71. The molecule has 1 aliphatic carbocycles. The highest BCUT2D eigenvalue weighted by Gasteiger charge is 2.51. The van der Waals surface area contributed by atoms with Crippen LogP contribution in [0.3, 0.4) is 0 Å². The van der Waals surface area contributed by atoms with Gasteiger partial charge >= 0.3 is 5.97 Å². The normalized spacial score (nSPS) is 20.6. The highest BCUT2D eigenvalue weighted by molar-refractivity contribution is 5.70. The molecule has 0 unspecified atom stereocenters. The number of aromatic amines is 1. The minimum absolute atomic E-state index is 0.108. The number of nitrogens with zero attached hydrogens (tertiary/aromatic N) is 1. The lowest BCUT2D eigenvalue weighted by atomic mass is 9.66. The molecule has 1 aromatic heterocycles. The molecule has 6 heteroatoms. The van der Waals surface area contributed by atoms with Gasteiger partial charge < -0.3 is 14.5 Å². The van der Waals surface area contributed by atoms with E-state index in [9.17, 15) is 9.59 Å². The van der Waals surface area contributed by atoms with Crippen molar-refractivity contribution in [3.05, 3.63) is 32.7 Å². The van der Waals surface area contributed by atoms with Gasteiger partial charge in [0.1, 0.15) is 17.7 Å². The third-order valence-corrected chi connectivity index (χ3v) is 5.68. The van der Waals surface area contributed by atoms with Crippen LogP contribution in [-0.2, 0) is 20.7 Å². The summed E-state index contributed by atoms with van der Waals surface area (Å²) in [5.74, 6) is -0.261. The molecule has 1 saturated carbocycles. The molecule has 148 valence electrons. The molecule has 0 spiro atoms. The number of unbranched alkanes of at least 4 members (excludes halogenated alkanes) is 1. The van der Waals surface area contributed by atoms with Crippen molar-refractivity contribution in [2.24, 2.45) is 5.41 Å². The molecule has 0 bridgehead atoms. The lowest BCUT2D eigenvalue weighted by Gasteiger charge is -2.50. The fourth-order valence-corrected chi connectivity index (χ4v) is 3.57. The predicted molar refractivity (Wildman–Crippen MR) is 102 cm³/mol. The average molecular weight is 374 g/mol. The number of pyridine rings is 1. The van der Waals surface area contributed by atoms with Gasteiger partial charge in [0.2, 0.25) is 0 Å². The number of rotatable bonds is 8. The smallest absolute Gasteiger partial charge is 0.306 e. The van der Waals surface area contributed by atoms with E-state index >= 15 is 0 Å². The molecular formula is C21H30N2O4. The van der Waals surface area contributed by atoms with E-state index in [1.165, 1.54) is 0 Å².